The van der Waals surface area contributed by atoms with Crippen molar-refractivity contribution in [1.82, 2.24) is 0 Å². The molecule has 1 heterocycles. The molecule has 0 aromatic heterocycles. The normalized spacial score (nSPS) is 15.9. The van der Waals surface area contributed by atoms with Gasteiger partial charge < -0.3 is 25.4 Å². The number of anilines is 3. The number of fused-ring (bicyclic) bond motifs is 1. The van der Waals surface area contributed by atoms with Crippen LogP contribution in [0.4, 0.5) is 21.5 Å². The number of rotatable bonds is 7. The zero-order valence-corrected chi connectivity index (χ0v) is 18.0. The van der Waals surface area contributed by atoms with Gasteiger partial charge in [-0.1, -0.05) is 24.3 Å². The van der Waals surface area contributed by atoms with Crippen molar-refractivity contribution in [2.45, 2.75) is 18.6 Å². The number of hydrogen-bond donors (Lipinski definition) is 3. The zero-order valence-electron chi connectivity index (χ0n) is 18.0. The van der Waals surface area contributed by atoms with E-state index in [1.165, 1.54) is 24.3 Å². The zero-order chi connectivity index (χ0) is 23.4. The van der Waals surface area contributed by atoms with Gasteiger partial charge in [0.1, 0.15) is 17.6 Å². The molecule has 0 fully saturated rings. The molecular formula is C25H24FN3O4. The van der Waals surface area contributed by atoms with E-state index < -0.39 is 18.0 Å². The van der Waals surface area contributed by atoms with Gasteiger partial charge in [0.2, 0.25) is 11.8 Å². The Labute approximate surface area is 190 Å². The highest BCUT2D eigenvalue weighted by atomic mass is 19.1. The number of para-hydroxylation sites is 2. The summed E-state index contributed by atoms with van der Waals surface area (Å²) < 4.78 is 18.4. The molecule has 7 nitrogen and oxygen atoms in total. The number of carbonyl (C=O) groups excluding carboxylic acids is 2. The molecule has 1 aliphatic rings. The van der Waals surface area contributed by atoms with Crippen molar-refractivity contribution in [1.29, 1.82) is 0 Å². The highest BCUT2D eigenvalue weighted by Crippen LogP contribution is 2.34. The topological polar surface area (TPSA) is 90.9 Å². The van der Waals surface area contributed by atoms with Crippen molar-refractivity contribution in [3.8, 4) is 5.75 Å². The van der Waals surface area contributed by atoms with Crippen LogP contribution in [0, 0.1) is 5.82 Å². The Hall–Kier alpha value is -3.91. The molecule has 0 saturated heterocycles. The smallest absolute Gasteiger partial charge is 0.247 e. The average Bonchev–Trinajstić information content (AvgIpc) is 2.82. The van der Waals surface area contributed by atoms with Gasteiger partial charge >= 0.3 is 0 Å². The molecular weight excluding hydrogens is 425 g/mol. The van der Waals surface area contributed by atoms with Gasteiger partial charge in [-0.25, -0.2) is 4.39 Å². The molecule has 0 spiro atoms. The molecule has 3 N–H and O–H groups in total. The first-order chi connectivity index (χ1) is 15.9. The van der Waals surface area contributed by atoms with Crippen LogP contribution < -0.4 is 20.3 Å². The number of aliphatic hydroxyl groups is 1. The molecule has 0 bridgehead atoms. The van der Waals surface area contributed by atoms with Gasteiger partial charge in [-0.3, -0.25) is 9.59 Å². The summed E-state index contributed by atoms with van der Waals surface area (Å²) in [4.78, 5) is 27.4. The molecule has 3 aromatic carbocycles. The van der Waals surface area contributed by atoms with Crippen molar-refractivity contribution in [3.05, 3.63) is 84.2 Å². The maximum atomic E-state index is 13.3. The van der Waals surface area contributed by atoms with Crippen LogP contribution >= 0.6 is 0 Å². The lowest BCUT2D eigenvalue weighted by Crippen LogP contribution is -2.51. The van der Waals surface area contributed by atoms with E-state index in [1.807, 2.05) is 12.1 Å². The third-order valence-electron chi connectivity index (χ3n) is 5.53. The molecule has 0 aliphatic carbocycles. The minimum absolute atomic E-state index is 0.0521. The van der Waals surface area contributed by atoms with Crippen LogP contribution in [-0.4, -0.2) is 36.6 Å². The lowest BCUT2D eigenvalue weighted by molar-refractivity contribution is -0.122. The van der Waals surface area contributed by atoms with Crippen molar-refractivity contribution in [2.24, 2.45) is 0 Å². The molecule has 0 radical (unpaired) electrons. The molecule has 1 aliphatic heterocycles. The Kier molecular flexibility index (Phi) is 6.55. The fourth-order valence-electron chi connectivity index (χ4n) is 3.82. The second-order valence-corrected chi connectivity index (χ2v) is 7.72. The molecule has 2 atom stereocenters. The van der Waals surface area contributed by atoms with E-state index in [4.69, 9.17) is 4.74 Å². The van der Waals surface area contributed by atoms with E-state index in [0.29, 0.717) is 28.4 Å². The quantitative estimate of drug-likeness (QED) is 0.512. The first-order valence-electron chi connectivity index (χ1n) is 10.5. The summed E-state index contributed by atoms with van der Waals surface area (Å²) in [5.74, 6) is -0.426. The summed E-state index contributed by atoms with van der Waals surface area (Å²) in [7, 11) is 1.56. The lowest BCUT2D eigenvalue weighted by atomic mass is 10.0. The molecule has 33 heavy (non-hydrogen) atoms. The molecule has 0 unspecified atom stereocenters. The number of amides is 2. The second-order valence-electron chi connectivity index (χ2n) is 7.72. The number of methoxy groups -OCH3 is 1. The average molecular weight is 449 g/mol. The fourth-order valence-corrected chi connectivity index (χ4v) is 3.82. The standard InChI is InChI=1S/C25H24FN3O4/c1-33-19-12-10-18(11-13-19)27-24(31)14-22-25(32)28-20-4-2-3-5-21(20)29(22)15-23(30)16-6-8-17(26)9-7-16/h2-13,22-23,30H,14-15H2,1H3,(H,27,31)(H,28,32)/t22-,23+/m0/s1. The second kappa shape index (κ2) is 9.70. The third kappa shape index (κ3) is 5.12. The number of carbonyl (C=O) groups is 2. The van der Waals surface area contributed by atoms with E-state index in [1.54, 1.807) is 48.4 Å². The molecule has 3 aromatic rings. The monoisotopic (exact) mass is 449 g/mol. The van der Waals surface area contributed by atoms with Gasteiger partial charge in [-0.15, -0.1) is 0 Å². The van der Waals surface area contributed by atoms with Crippen LogP contribution in [0.25, 0.3) is 0 Å². The van der Waals surface area contributed by atoms with E-state index in [0.717, 1.165) is 0 Å². The Morgan fingerprint density at radius 2 is 1.82 bits per heavy atom. The first-order valence-corrected chi connectivity index (χ1v) is 10.5. The SMILES string of the molecule is COc1ccc(NC(=O)C[C@H]2C(=O)Nc3ccccc3N2C[C@@H](O)c2ccc(F)cc2)cc1. The Balaban J connectivity index is 1.55. The number of β-amino-alcohol motifs (C(OH)–C–C–N with tert-alkyl or cyclic N) is 1. The molecule has 0 saturated carbocycles. The van der Waals surface area contributed by atoms with Gasteiger partial charge in [-0.2, -0.15) is 0 Å². The van der Waals surface area contributed by atoms with Gasteiger partial charge in [0.05, 0.1) is 31.0 Å². The van der Waals surface area contributed by atoms with Gasteiger partial charge in [0.15, 0.2) is 0 Å². The van der Waals surface area contributed by atoms with Crippen LogP contribution in [0.1, 0.15) is 18.1 Å². The largest absolute Gasteiger partial charge is 0.497 e. The van der Waals surface area contributed by atoms with E-state index in [2.05, 4.69) is 10.6 Å². The predicted octanol–water partition coefficient (Wildman–Crippen LogP) is 3.72. The van der Waals surface area contributed by atoms with Crippen molar-refractivity contribution in [3.63, 3.8) is 0 Å². The van der Waals surface area contributed by atoms with Crippen LogP contribution in [-0.2, 0) is 9.59 Å². The van der Waals surface area contributed by atoms with Crippen LogP contribution in [0.5, 0.6) is 5.75 Å². The highest BCUT2D eigenvalue weighted by molar-refractivity contribution is 6.06. The maximum absolute atomic E-state index is 13.3. The number of ether oxygens (including phenoxy) is 1. The van der Waals surface area contributed by atoms with Gasteiger partial charge in [0.25, 0.3) is 0 Å². The maximum Gasteiger partial charge on any atom is 0.247 e. The number of halogens is 1. The number of nitrogens with one attached hydrogen (secondary N) is 2. The summed E-state index contributed by atoms with van der Waals surface area (Å²) in [6, 6.07) is 18.8. The summed E-state index contributed by atoms with van der Waals surface area (Å²) in [5.41, 5.74) is 2.39. The number of benzene rings is 3. The van der Waals surface area contributed by atoms with E-state index in [9.17, 15) is 19.1 Å². The Morgan fingerprint density at radius 3 is 2.52 bits per heavy atom. The van der Waals surface area contributed by atoms with E-state index >= 15 is 0 Å². The van der Waals surface area contributed by atoms with Crippen molar-refractivity contribution < 1.29 is 23.8 Å². The summed E-state index contributed by atoms with van der Waals surface area (Å²) in [5, 5.41) is 16.4. The molecule has 2 amide bonds. The van der Waals surface area contributed by atoms with E-state index in [-0.39, 0.29) is 24.8 Å². The number of hydrogen-bond acceptors (Lipinski definition) is 5. The summed E-state index contributed by atoms with van der Waals surface area (Å²) in [6.07, 6.45) is -1.11. The summed E-state index contributed by atoms with van der Waals surface area (Å²) >= 11 is 0. The minimum atomic E-state index is -0.989. The molecule has 8 heteroatoms. The Morgan fingerprint density at radius 1 is 1.12 bits per heavy atom. The van der Waals surface area contributed by atoms with Crippen LogP contribution in [0.15, 0.2) is 72.8 Å². The fraction of sp³-hybridized carbons (Fsp3) is 0.200. The van der Waals surface area contributed by atoms with Gasteiger partial charge in [0, 0.05) is 12.2 Å². The van der Waals surface area contributed by atoms with Crippen molar-refractivity contribution in [2.75, 3.05) is 29.2 Å². The van der Waals surface area contributed by atoms with Crippen LogP contribution in [0.3, 0.4) is 0 Å². The lowest BCUT2D eigenvalue weighted by Gasteiger charge is -2.39. The van der Waals surface area contributed by atoms with Gasteiger partial charge in [-0.05, 0) is 54.1 Å². The Bertz CT molecular complexity index is 1140. The van der Waals surface area contributed by atoms with Crippen LogP contribution in [0.2, 0.25) is 0 Å². The minimum Gasteiger partial charge on any atom is -0.497 e. The highest BCUT2D eigenvalue weighted by Gasteiger charge is 2.35. The first kappa shape index (κ1) is 22.3. The number of nitrogens with zero attached hydrogens (tertiary/aromatic N) is 1. The third-order valence-corrected chi connectivity index (χ3v) is 5.53. The molecule has 4 rings (SSSR count). The number of aliphatic hydroxyl groups excluding tert-OH is 1. The predicted molar refractivity (Wildman–Crippen MR) is 124 cm³/mol. The van der Waals surface area contributed by atoms with Crippen molar-refractivity contribution >= 4 is 28.9 Å². The summed E-state index contributed by atoms with van der Waals surface area (Å²) in [6.45, 7) is 0.0521. The molecule has 170 valence electrons.